The van der Waals surface area contributed by atoms with Crippen molar-refractivity contribution in [3.63, 3.8) is 0 Å². The fraction of sp³-hybridized carbons (Fsp3) is 0.875. The van der Waals surface area contributed by atoms with Crippen LogP contribution in [-0.4, -0.2) is 59.4 Å². The van der Waals surface area contributed by atoms with Gasteiger partial charge in [0.1, 0.15) is 0 Å². The number of nitrogens with one attached hydrogen (secondary N) is 1. The predicted octanol–water partition coefficient (Wildman–Crippen LogP) is 0.986. The van der Waals surface area contributed by atoms with Crippen LogP contribution in [0, 0.1) is 5.92 Å². The van der Waals surface area contributed by atoms with Crippen LogP contribution in [0.5, 0.6) is 0 Å². The molecule has 4 fully saturated rings. The number of fused-ring (bicyclic) bond motifs is 3. The number of piperidine rings is 3. The minimum atomic E-state index is -0.288. The summed E-state index contributed by atoms with van der Waals surface area (Å²) < 4.78 is 0. The van der Waals surface area contributed by atoms with Crippen molar-refractivity contribution in [2.45, 2.75) is 64.1 Å². The van der Waals surface area contributed by atoms with Crippen molar-refractivity contribution in [1.29, 1.82) is 0 Å². The second kappa shape index (κ2) is 6.05. The monoisotopic (exact) mass is 293 g/mol. The van der Waals surface area contributed by atoms with Crippen molar-refractivity contribution in [1.82, 2.24) is 15.1 Å². The van der Waals surface area contributed by atoms with E-state index in [-0.39, 0.29) is 23.9 Å². The number of carbonyl (C=O) groups is 2. The van der Waals surface area contributed by atoms with Gasteiger partial charge in [-0.05, 0) is 44.7 Å². The summed E-state index contributed by atoms with van der Waals surface area (Å²) in [4.78, 5) is 28.8. The summed E-state index contributed by atoms with van der Waals surface area (Å²) in [6, 6.07) is 0.169. The van der Waals surface area contributed by atoms with Gasteiger partial charge in [0.15, 0.2) is 0 Å². The van der Waals surface area contributed by atoms with Gasteiger partial charge in [0.05, 0.1) is 12.5 Å². The molecule has 0 saturated carbocycles. The molecular weight excluding hydrogens is 266 g/mol. The van der Waals surface area contributed by atoms with Crippen LogP contribution in [0.25, 0.3) is 0 Å². The highest BCUT2D eigenvalue weighted by Crippen LogP contribution is 2.29. The molecule has 118 valence electrons. The van der Waals surface area contributed by atoms with Crippen LogP contribution in [0.1, 0.15) is 46.0 Å². The van der Waals surface area contributed by atoms with Gasteiger partial charge in [-0.25, -0.2) is 0 Å². The number of likely N-dealkylation sites (tertiary alicyclic amines) is 1. The lowest BCUT2D eigenvalue weighted by atomic mass is 9.83. The second-order valence-corrected chi connectivity index (χ2v) is 6.74. The molecular formula is C16H27N3O2. The lowest BCUT2D eigenvalue weighted by Crippen LogP contribution is -2.59. The Labute approximate surface area is 127 Å². The average Bonchev–Trinajstić information content (AvgIpc) is 2.78. The summed E-state index contributed by atoms with van der Waals surface area (Å²) in [5.41, 5.74) is 0. The van der Waals surface area contributed by atoms with Crippen LogP contribution in [-0.2, 0) is 9.59 Å². The Hall–Kier alpha value is -0.940. The van der Waals surface area contributed by atoms with Gasteiger partial charge in [0.25, 0.3) is 0 Å². The van der Waals surface area contributed by atoms with E-state index in [1.165, 1.54) is 30.8 Å². The molecule has 1 N–H and O–H groups in total. The molecule has 4 rings (SSSR count). The van der Waals surface area contributed by atoms with Gasteiger partial charge in [-0.2, -0.15) is 0 Å². The third-order valence-electron chi connectivity index (χ3n) is 5.56. The maximum absolute atomic E-state index is 12.6. The lowest BCUT2D eigenvalue weighted by molar-refractivity contribution is -0.141. The van der Waals surface area contributed by atoms with Crippen molar-refractivity contribution in [3.8, 4) is 0 Å². The molecule has 4 aliphatic heterocycles. The second-order valence-electron chi connectivity index (χ2n) is 6.74. The van der Waals surface area contributed by atoms with E-state index in [0.717, 1.165) is 19.4 Å². The number of imide groups is 1. The number of rotatable bonds is 5. The first kappa shape index (κ1) is 15.0. The first-order chi connectivity index (χ1) is 10.1. The normalized spacial score (nSPS) is 36.0. The third-order valence-corrected chi connectivity index (χ3v) is 5.56. The summed E-state index contributed by atoms with van der Waals surface area (Å²) in [5, 5.41) is 3.51. The van der Waals surface area contributed by atoms with Crippen molar-refractivity contribution in [3.05, 3.63) is 0 Å². The van der Waals surface area contributed by atoms with Crippen molar-refractivity contribution < 1.29 is 9.59 Å². The topological polar surface area (TPSA) is 52.7 Å². The van der Waals surface area contributed by atoms with Crippen LogP contribution in [0.15, 0.2) is 0 Å². The van der Waals surface area contributed by atoms with Crippen LogP contribution in [0.2, 0.25) is 0 Å². The molecule has 5 heteroatoms. The minimum absolute atomic E-state index is 0.00477. The summed E-state index contributed by atoms with van der Waals surface area (Å²) in [5.74, 6) is 0.692. The zero-order valence-electron chi connectivity index (χ0n) is 13.2. The Morgan fingerprint density at radius 3 is 2.38 bits per heavy atom. The van der Waals surface area contributed by atoms with Crippen LogP contribution in [0.3, 0.4) is 0 Å². The van der Waals surface area contributed by atoms with Gasteiger partial charge in [0, 0.05) is 18.6 Å². The first-order valence-corrected chi connectivity index (χ1v) is 8.48. The number of hydrogen-bond donors (Lipinski definition) is 1. The molecule has 2 unspecified atom stereocenters. The van der Waals surface area contributed by atoms with Crippen molar-refractivity contribution >= 4 is 11.8 Å². The van der Waals surface area contributed by atoms with Gasteiger partial charge < -0.3 is 10.2 Å². The van der Waals surface area contributed by atoms with E-state index in [0.29, 0.717) is 18.4 Å². The van der Waals surface area contributed by atoms with Gasteiger partial charge in [-0.3, -0.25) is 14.5 Å². The van der Waals surface area contributed by atoms with E-state index < -0.39 is 0 Å². The van der Waals surface area contributed by atoms with Gasteiger partial charge in [0.2, 0.25) is 11.8 Å². The van der Waals surface area contributed by atoms with Crippen molar-refractivity contribution in [2.75, 3.05) is 19.6 Å². The van der Waals surface area contributed by atoms with Crippen LogP contribution in [0.4, 0.5) is 0 Å². The number of nitrogens with zero attached hydrogens (tertiary/aromatic N) is 2. The van der Waals surface area contributed by atoms with Crippen LogP contribution < -0.4 is 5.32 Å². The number of amides is 2. The molecule has 0 aliphatic carbocycles. The molecule has 4 saturated heterocycles. The molecule has 0 aromatic heterocycles. The molecule has 0 radical (unpaired) electrons. The molecule has 5 nitrogen and oxygen atoms in total. The van der Waals surface area contributed by atoms with E-state index in [2.05, 4.69) is 10.2 Å². The van der Waals surface area contributed by atoms with E-state index in [9.17, 15) is 9.59 Å². The SMILES string of the molecule is CCC(CC)N1C(=O)CC(NC2CN3CCC2CC3)C1=O. The predicted molar refractivity (Wildman–Crippen MR) is 80.7 cm³/mol. The van der Waals surface area contributed by atoms with Gasteiger partial charge >= 0.3 is 0 Å². The summed E-state index contributed by atoms with van der Waals surface area (Å²) >= 11 is 0. The molecule has 4 heterocycles. The Morgan fingerprint density at radius 2 is 1.86 bits per heavy atom. The zero-order valence-corrected chi connectivity index (χ0v) is 13.2. The first-order valence-electron chi connectivity index (χ1n) is 8.48. The largest absolute Gasteiger partial charge is 0.302 e. The highest BCUT2D eigenvalue weighted by molar-refractivity contribution is 6.05. The van der Waals surface area contributed by atoms with Crippen LogP contribution >= 0.6 is 0 Å². The highest BCUT2D eigenvalue weighted by atomic mass is 16.2. The third kappa shape index (κ3) is 2.73. The highest BCUT2D eigenvalue weighted by Gasteiger charge is 2.44. The number of carbonyl (C=O) groups excluding carboxylic acids is 2. The average molecular weight is 293 g/mol. The molecule has 2 bridgehead atoms. The Balaban J connectivity index is 1.64. The molecule has 0 aromatic carbocycles. The quantitative estimate of drug-likeness (QED) is 0.768. The molecule has 4 aliphatic rings. The summed E-state index contributed by atoms with van der Waals surface area (Å²) in [7, 11) is 0. The minimum Gasteiger partial charge on any atom is -0.302 e. The van der Waals surface area contributed by atoms with E-state index in [1.807, 2.05) is 13.8 Å². The maximum Gasteiger partial charge on any atom is 0.247 e. The fourth-order valence-corrected chi connectivity index (χ4v) is 4.23. The maximum atomic E-state index is 12.6. The Kier molecular flexibility index (Phi) is 4.31. The number of hydrogen-bond acceptors (Lipinski definition) is 4. The molecule has 2 atom stereocenters. The van der Waals surface area contributed by atoms with Gasteiger partial charge in [-0.1, -0.05) is 13.8 Å². The van der Waals surface area contributed by atoms with E-state index in [1.54, 1.807) is 0 Å². The summed E-state index contributed by atoms with van der Waals surface area (Å²) in [6.45, 7) is 7.51. The molecule has 0 aromatic rings. The zero-order chi connectivity index (χ0) is 15.0. The molecule has 21 heavy (non-hydrogen) atoms. The summed E-state index contributed by atoms with van der Waals surface area (Å²) in [6.07, 6.45) is 4.49. The fourth-order valence-electron chi connectivity index (χ4n) is 4.23. The van der Waals surface area contributed by atoms with Crippen molar-refractivity contribution in [2.24, 2.45) is 5.92 Å². The van der Waals surface area contributed by atoms with E-state index >= 15 is 0 Å². The van der Waals surface area contributed by atoms with E-state index in [4.69, 9.17) is 0 Å². The molecule has 0 spiro atoms. The molecule has 2 amide bonds. The smallest absolute Gasteiger partial charge is 0.247 e. The van der Waals surface area contributed by atoms with Gasteiger partial charge in [-0.15, -0.1) is 0 Å². The lowest BCUT2D eigenvalue weighted by Gasteiger charge is -2.45. The standard InChI is InChI=1S/C16H27N3O2/c1-3-12(4-2)19-15(20)9-13(16(19)21)17-14-10-18-7-5-11(14)6-8-18/h11-14,17H,3-10H2,1-2H3. The Morgan fingerprint density at radius 1 is 1.19 bits per heavy atom. The Bertz CT molecular complexity index is 414.